The maximum atomic E-state index is 10.6. The number of aliphatic hydroxyl groups excluding tert-OH is 1. The molecule has 1 aliphatic heterocycles. The van der Waals surface area contributed by atoms with Crippen LogP contribution in [0.15, 0.2) is 0 Å². The van der Waals surface area contributed by atoms with Gasteiger partial charge in [0.25, 0.3) is 0 Å². The molecule has 0 aromatic rings. The van der Waals surface area contributed by atoms with Crippen molar-refractivity contribution in [3.8, 4) is 0 Å². The third-order valence-corrected chi connectivity index (χ3v) is 7.43. The average Bonchev–Trinajstić information content (AvgIpc) is 3.26. The van der Waals surface area contributed by atoms with Gasteiger partial charge in [-0.3, -0.25) is 4.79 Å². The second-order valence-electron chi connectivity index (χ2n) is 10.8. The zero-order chi connectivity index (χ0) is 24.2. The number of ether oxygens (including phenoxy) is 1. The first-order valence-electron chi connectivity index (χ1n) is 14.6. The van der Waals surface area contributed by atoms with Crippen LogP contribution in [0, 0.1) is 5.92 Å². The number of aliphatic hydroxyl groups is 1. The Balaban J connectivity index is 1.93. The summed E-state index contributed by atoms with van der Waals surface area (Å²) in [6.45, 7) is 4.56. The highest BCUT2D eigenvalue weighted by molar-refractivity contribution is 5.66. The van der Waals surface area contributed by atoms with Gasteiger partial charge in [-0.1, -0.05) is 117 Å². The third-order valence-electron chi connectivity index (χ3n) is 7.43. The summed E-state index contributed by atoms with van der Waals surface area (Å²) in [5, 5.41) is 19.3. The highest BCUT2D eigenvalue weighted by atomic mass is 16.5. The van der Waals surface area contributed by atoms with Crippen LogP contribution >= 0.6 is 0 Å². The normalized spacial score (nSPS) is 20.2. The number of hydrogen-bond donors (Lipinski definition) is 2. The highest BCUT2D eigenvalue weighted by Gasteiger charge is 2.30. The standard InChI is InChI=1S/C29H56O4/c1-3-4-5-6-13-16-19-25(2)24-27(30)28-23-22-26(33-28)20-17-14-11-9-7-8-10-12-15-18-21-29(31)32/h25-28,30H,3-24H2,1-2H3,(H,31,32)/t25-,26+,27-,28-/m0/s1. The molecular weight excluding hydrogens is 412 g/mol. The van der Waals surface area contributed by atoms with E-state index in [1.807, 2.05) is 0 Å². The number of hydrogen-bond acceptors (Lipinski definition) is 3. The summed E-state index contributed by atoms with van der Waals surface area (Å²) in [4.78, 5) is 10.5. The highest BCUT2D eigenvalue weighted by Crippen LogP contribution is 2.29. The fraction of sp³-hybridized carbons (Fsp3) is 0.966. The molecule has 0 spiro atoms. The fourth-order valence-electron chi connectivity index (χ4n) is 5.25. The second kappa shape index (κ2) is 20.7. The summed E-state index contributed by atoms with van der Waals surface area (Å²) in [5.74, 6) is -0.0725. The first-order chi connectivity index (χ1) is 16.0. The van der Waals surface area contributed by atoms with E-state index in [-0.39, 0.29) is 12.2 Å². The Morgan fingerprint density at radius 2 is 1.36 bits per heavy atom. The lowest BCUT2D eigenvalue weighted by molar-refractivity contribution is -0.137. The molecule has 0 saturated carbocycles. The molecule has 1 aliphatic rings. The lowest BCUT2D eigenvalue weighted by atomic mass is 9.93. The molecule has 0 bridgehead atoms. The van der Waals surface area contributed by atoms with Gasteiger partial charge in [0, 0.05) is 6.42 Å². The SMILES string of the molecule is CCCCCCCC[C@H](C)C[C@H](O)[C@@H]1CC[C@@H](CCCCCCCCCCCCC(=O)O)O1. The Hall–Kier alpha value is -0.610. The minimum atomic E-state index is -0.668. The van der Waals surface area contributed by atoms with E-state index in [0.717, 1.165) is 38.5 Å². The van der Waals surface area contributed by atoms with E-state index in [2.05, 4.69) is 13.8 Å². The molecule has 1 fully saturated rings. The Labute approximate surface area is 205 Å². The zero-order valence-electron chi connectivity index (χ0n) is 22.1. The minimum Gasteiger partial charge on any atom is -0.481 e. The van der Waals surface area contributed by atoms with Gasteiger partial charge in [-0.2, -0.15) is 0 Å². The van der Waals surface area contributed by atoms with E-state index in [9.17, 15) is 9.90 Å². The van der Waals surface area contributed by atoms with Crippen molar-refractivity contribution in [3.63, 3.8) is 0 Å². The largest absolute Gasteiger partial charge is 0.481 e. The molecular formula is C29H56O4. The molecule has 2 N–H and O–H groups in total. The van der Waals surface area contributed by atoms with Crippen LogP contribution in [-0.2, 0) is 9.53 Å². The van der Waals surface area contributed by atoms with E-state index < -0.39 is 5.97 Å². The quantitative estimate of drug-likeness (QED) is 0.148. The lowest BCUT2D eigenvalue weighted by Gasteiger charge is -2.22. The Morgan fingerprint density at radius 3 is 1.97 bits per heavy atom. The number of carboxylic acid groups (broad SMARTS) is 1. The van der Waals surface area contributed by atoms with Crippen LogP contribution in [0.5, 0.6) is 0 Å². The molecule has 0 aliphatic carbocycles. The fourth-order valence-corrected chi connectivity index (χ4v) is 5.25. The van der Waals surface area contributed by atoms with Gasteiger partial charge >= 0.3 is 5.97 Å². The first kappa shape index (κ1) is 30.4. The predicted molar refractivity (Wildman–Crippen MR) is 139 cm³/mol. The Bertz CT molecular complexity index is 453. The van der Waals surface area contributed by atoms with Crippen LogP contribution in [0.4, 0.5) is 0 Å². The first-order valence-corrected chi connectivity index (χ1v) is 14.6. The maximum Gasteiger partial charge on any atom is 0.303 e. The van der Waals surface area contributed by atoms with E-state index in [1.54, 1.807) is 0 Å². The van der Waals surface area contributed by atoms with Gasteiger partial charge in [-0.15, -0.1) is 0 Å². The van der Waals surface area contributed by atoms with Crippen LogP contribution in [0.2, 0.25) is 0 Å². The van der Waals surface area contributed by atoms with E-state index in [0.29, 0.717) is 18.4 Å². The summed E-state index contributed by atoms with van der Waals surface area (Å²) >= 11 is 0. The van der Waals surface area contributed by atoms with E-state index in [1.165, 1.54) is 96.3 Å². The molecule has 0 aromatic carbocycles. The van der Waals surface area contributed by atoms with Gasteiger partial charge in [-0.05, 0) is 38.0 Å². The Morgan fingerprint density at radius 1 is 0.818 bits per heavy atom. The van der Waals surface area contributed by atoms with Crippen molar-refractivity contribution in [3.05, 3.63) is 0 Å². The van der Waals surface area contributed by atoms with Crippen molar-refractivity contribution in [2.24, 2.45) is 5.92 Å². The van der Waals surface area contributed by atoms with Crippen LogP contribution in [-0.4, -0.2) is 34.5 Å². The average molecular weight is 469 g/mol. The van der Waals surface area contributed by atoms with Crippen molar-refractivity contribution in [2.75, 3.05) is 0 Å². The Kier molecular flexibility index (Phi) is 19.1. The van der Waals surface area contributed by atoms with E-state index in [4.69, 9.17) is 9.84 Å². The van der Waals surface area contributed by atoms with Crippen LogP contribution in [0.25, 0.3) is 0 Å². The van der Waals surface area contributed by atoms with Crippen molar-refractivity contribution in [1.82, 2.24) is 0 Å². The molecule has 0 radical (unpaired) electrons. The van der Waals surface area contributed by atoms with Crippen molar-refractivity contribution in [1.29, 1.82) is 0 Å². The molecule has 1 heterocycles. The van der Waals surface area contributed by atoms with E-state index >= 15 is 0 Å². The summed E-state index contributed by atoms with van der Waals surface area (Å²) < 4.78 is 6.21. The van der Waals surface area contributed by atoms with Crippen molar-refractivity contribution >= 4 is 5.97 Å². The number of unbranched alkanes of at least 4 members (excludes halogenated alkanes) is 14. The molecule has 1 rings (SSSR count). The molecule has 196 valence electrons. The molecule has 4 heteroatoms. The van der Waals surface area contributed by atoms with Gasteiger partial charge in [0.2, 0.25) is 0 Å². The van der Waals surface area contributed by atoms with Crippen LogP contribution < -0.4 is 0 Å². The van der Waals surface area contributed by atoms with Crippen molar-refractivity contribution in [2.45, 2.75) is 173 Å². The molecule has 0 amide bonds. The number of rotatable bonds is 23. The van der Waals surface area contributed by atoms with Gasteiger partial charge in [0.05, 0.1) is 18.3 Å². The summed E-state index contributed by atoms with van der Waals surface area (Å²) in [6, 6.07) is 0. The monoisotopic (exact) mass is 468 g/mol. The minimum absolute atomic E-state index is 0.0671. The smallest absolute Gasteiger partial charge is 0.303 e. The van der Waals surface area contributed by atoms with Gasteiger partial charge in [-0.25, -0.2) is 0 Å². The van der Waals surface area contributed by atoms with Gasteiger partial charge in [0.1, 0.15) is 0 Å². The molecule has 4 nitrogen and oxygen atoms in total. The third kappa shape index (κ3) is 17.5. The number of carboxylic acids is 1. The molecule has 33 heavy (non-hydrogen) atoms. The number of aliphatic carboxylic acids is 1. The molecule has 1 saturated heterocycles. The summed E-state index contributed by atoms with van der Waals surface area (Å²) in [6.07, 6.45) is 26.1. The van der Waals surface area contributed by atoms with Gasteiger partial charge in [0.15, 0.2) is 0 Å². The number of carbonyl (C=O) groups is 1. The van der Waals surface area contributed by atoms with Crippen molar-refractivity contribution < 1.29 is 19.7 Å². The van der Waals surface area contributed by atoms with Gasteiger partial charge < -0.3 is 14.9 Å². The van der Waals surface area contributed by atoms with Crippen LogP contribution in [0.3, 0.4) is 0 Å². The molecule has 0 unspecified atom stereocenters. The molecule has 4 atom stereocenters. The maximum absolute atomic E-state index is 10.6. The second-order valence-corrected chi connectivity index (χ2v) is 10.8. The topological polar surface area (TPSA) is 66.8 Å². The predicted octanol–water partition coefficient (Wildman–Crippen LogP) is 8.44. The lowest BCUT2D eigenvalue weighted by Crippen LogP contribution is -2.28. The summed E-state index contributed by atoms with van der Waals surface area (Å²) in [5.41, 5.74) is 0. The zero-order valence-corrected chi connectivity index (χ0v) is 22.1. The molecule has 0 aromatic heterocycles. The summed E-state index contributed by atoms with van der Waals surface area (Å²) in [7, 11) is 0. The van der Waals surface area contributed by atoms with Crippen LogP contribution in [0.1, 0.15) is 155 Å².